The fraction of sp³-hybridized carbons (Fsp3) is 0.381. The second kappa shape index (κ2) is 7.86. The van der Waals surface area contributed by atoms with Gasteiger partial charge in [-0.15, -0.1) is 0 Å². The molecule has 1 fully saturated rings. The van der Waals surface area contributed by atoms with E-state index < -0.39 is 0 Å². The molecule has 142 valence electrons. The lowest BCUT2D eigenvalue weighted by atomic mass is 9.89. The quantitative estimate of drug-likeness (QED) is 0.774. The third-order valence-electron chi connectivity index (χ3n) is 4.82. The number of likely N-dealkylation sites (tertiary alicyclic amines) is 1. The van der Waals surface area contributed by atoms with Gasteiger partial charge in [0.25, 0.3) is 0 Å². The lowest BCUT2D eigenvalue weighted by Gasteiger charge is -2.33. The van der Waals surface area contributed by atoms with Gasteiger partial charge in [0.05, 0.1) is 5.69 Å². The molecule has 0 aliphatic carbocycles. The van der Waals surface area contributed by atoms with E-state index in [0.29, 0.717) is 18.1 Å². The number of hydrogen-bond donors (Lipinski definition) is 0. The van der Waals surface area contributed by atoms with Crippen molar-refractivity contribution in [1.29, 1.82) is 0 Å². The van der Waals surface area contributed by atoms with E-state index in [1.54, 1.807) is 25.3 Å². The molecule has 1 atom stereocenters. The molecular weight excluding hydrogens is 343 g/mol. The number of carbonyl (C=O) groups excluding carboxylic acids is 1. The predicted molar refractivity (Wildman–Crippen MR) is 105 cm³/mol. The molecule has 3 rings (SSSR count). The number of anilines is 1. The molecule has 2 heterocycles. The minimum absolute atomic E-state index is 0.00933. The Balaban J connectivity index is 2.01. The number of halogens is 1. The van der Waals surface area contributed by atoms with E-state index in [-0.39, 0.29) is 17.6 Å². The molecule has 1 saturated heterocycles. The Morgan fingerprint density at radius 3 is 2.63 bits per heavy atom. The van der Waals surface area contributed by atoms with Crippen LogP contribution in [0.25, 0.3) is 11.1 Å². The number of carbonyl (C=O) groups is 1. The summed E-state index contributed by atoms with van der Waals surface area (Å²) in [4.78, 5) is 25.3. The highest BCUT2D eigenvalue weighted by molar-refractivity contribution is 5.92. The second-order valence-corrected chi connectivity index (χ2v) is 7.24. The Bertz CT molecular complexity index is 848. The molecule has 0 spiro atoms. The molecular formula is C21H25FN4O. The van der Waals surface area contributed by atoms with Gasteiger partial charge in [-0.1, -0.05) is 18.7 Å². The molecule has 1 aliphatic heterocycles. The number of nitrogens with zero attached hydrogens (tertiary/aromatic N) is 4. The Labute approximate surface area is 159 Å². The van der Waals surface area contributed by atoms with Crippen LogP contribution >= 0.6 is 0 Å². The van der Waals surface area contributed by atoms with Gasteiger partial charge >= 0.3 is 0 Å². The monoisotopic (exact) mass is 368 g/mol. The Morgan fingerprint density at radius 1 is 1.30 bits per heavy atom. The van der Waals surface area contributed by atoms with Crippen molar-refractivity contribution < 1.29 is 9.18 Å². The Hall–Kier alpha value is -2.76. The molecule has 1 unspecified atom stereocenters. The van der Waals surface area contributed by atoms with Gasteiger partial charge in [0, 0.05) is 50.4 Å². The average Bonchev–Trinajstić information content (AvgIpc) is 2.67. The number of hydrogen-bond acceptors (Lipinski definition) is 4. The van der Waals surface area contributed by atoms with Crippen LogP contribution in [0, 0.1) is 5.82 Å². The fourth-order valence-electron chi connectivity index (χ4n) is 3.42. The van der Waals surface area contributed by atoms with Gasteiger partial charge in [0.15, 0.2) is 0 Å². The number of amides is 1. The zero-order valence-electron chi connectivity index (χ0n) is 16.1. The van der Waals surface area contributed by atoms with Gasteiger partial charge in [-0.2, -0.15) is 0 Å². The molecule has 0 bridgehead atoms. The first-order valence-corrected chi connectivity index (χ1v) is 9.11. The van der Waals surface area contributed by atoms with Crippen molar-refractivity contribution in [2.45, 2.75) is 25.7 Å². The molecule has 2 aromatic rings. The number of aromatic nitrogens is 2. The third-order valence-corrected chi connectivity index (χ3v) is 4.82. The molecule has 0 saturated carbocycles. The largest absolute Gasteiger partial charge is 0.347 e. The molecule has 1 aromatic heterocycles. The van der Waals surface area contributed by atoms with Crippen molar-refractivity contribution in [3.05, 3.63) is 54.1 Å². The minimum atomic E-state index is -0.276. The van der Waals surface area contributed by atoms with E-state index in [0.717, 1.165) is 36.2 Å². The fourth-order valence-corrected chi connectivity index (χ4v) is 3.42. The highest BCUT2D eigenvalue weighted by atomic mass is 19.1. The van der Waals surface area contributed by atoms with Crippen LogP contribution in [0.5, 0.6) is 0 Å². The van der Waals surface area contributed by atoms with Crippen molar-refractivity contribution in [2.75, 3.05) is 32.1 Å². The number of piperidine rings is 1. The standard InChI is InChI=1S/C21H25FN4O/c1-14(2)20(27)26-11-5-6-16(13-26)19-18(12-23-21(24-19)25(3)4)15-7-9-17(22)10-8-15/h7-10,12,16H,1,5-6,11,13H2,2-4H3. The first-order valence-electron chi connectivity index (χ1n) is 9.11. The Kier molecular flexibility index (Phi) is 5.54. The summed E-state index contributed by atoms with van der Waals surface area (Å²) in [5.41, 5.74) is 3.21. The SMILES string of the molecule is C=C(C)C(=O)N1CCCC(c2nc(N(C)C)ncc2-c2ccc(F)cc2)C1. The summed E-state index contributed by atoms with van der Waals surface area (Å²) in [5.74, 6) is 0.440. The van der Waals surface area contributed by atoms with E-state index in [1.165, 1.54) is 12.1 Å². The predicted octanol–water partition coefficient (Wildman–Crippen LogP) is 3.63. The summed E-state index contributed by atoms with van der Waals surface area (Å²) in [6.07, 6.45) is 3.65. The van der Waals surface area contributed by atoms with E-state index in [1.807, 2.05) is 23.9 Å². The summed E-state index contributed by atoms with van der Waals surface area (Å²) in [7, 11) is 3.79. The first-order chi connectivity index (χ1) is 12.9. The van der Waals surface area contributed by atoms with Gasteiger partial charge in [0.1, 0.15) is 5.82 Å². The summed E-state index contributed by atoms with van der Waals surface area (Å²) >= 11 is 0. The van der Waals surface area contributed by atoms with E-state index in [9.17, 15) is 9.18 Å². The van der Waals surface area contributed by atoms with Gasteiger partial charge < -0.3 is 9.80 Å². The molecule has 5 nitrogen and oxygen atoms in total. The first kappa shape index (κ1) is 19.0. The highest BCUT2D eigenvalue weighted by Crippen LogP contribution is 2.34. The molecule has 1 amide bonds. The van der Waals surface area contributed by atoms with Crippen molar-refractivity contribution in [3.63, 3.8) is 0 Å². The van der Waals surface area contributed by atoms with Gasteiger partial charge in [0.2, 0.25) is 11.9 Å². The molecule has 0 N–H and O–H groups in total. The van der Waals surface area contributed by atoms with E-state index >= 15 is 0 Å². The lowest BCUT2D eigenvalue weighted by Crippen LogP contribution is -2.39. The maximum absolute atomic E-state index is 13.4. The molecule has 1 aromatic carbocycles. The Morgan fingerprint density at radius 2 is 2.00 bits per heavy atom. The smallest absolute Gasteiger partial charge is 0.248 e. The summed E-state index contributed by atoms with van der Waals surface area (Å²) in [6.45, 7) is 6.86. The zero-order chi connectivity index (χ0) is 19.6. The van der Waals surface area contributed by atoms with Crippen LogP contribution in [0.1, 0.15) is 31.4 Å². The van der Waals surface area contributed by atoms with Crippen LogP contribution in [0.3, 0.4) is 0 Å². The average molecular weight is 368 g/mol. The number of rotatable bonds is 4. The van der Waals surface area contributed by atoms with Gasteiger partial charge in [-0.25, -0.2) is 14.4 Å². The van der Waals surface area contributed by atoms with Crippen LogP contribution in [0.2, 0.25) is 0 Å². The van der Waals surface area contributed by atoms with E-state index in [2.05, 4.69) is 11.6 Å². The topological polar surface area (TPSA) is 49.3 Å². The van der Waals surface area contributed by atoms with E-state index in [4.69, 9.17) is 4.98 Å². The minimum Gasteiger partial charge on any atom is -0.347 e. The van der Waals surface area contributed by atoms with Gasteiger partial charge in [-0.05, 0) is 37.5 Å². The van der Waals surface area contributed by atoms with Crippen LogP contribution in [-0.4, -0.2) is 48.0 Å². The van der Waals surface area contributed by atoms with Gasteiger partial charge in [-0.3, -0.25) is 4.79 Å². The molecule has 27 heavy (non-hydrogen) atoms. The van der Waals surface area contributed by atoms with Crippen LogP contribution in [0.15, 0.2) is 42.6 Å². The van der Waals surface area contributed by atoms with Crippen LogP contribution in [0.4, 0.5) is 10.3 Å². The second-order valence-electron chi connectivity index (χ2n) is 7.24. The lowest BCUT2D eigenvalue weighted by molar-refractivity contribution is -0.128. The van der Waals surface area contributed by atoms with Crippen LogP contribution < -0.4 is 4.90 Å². The summed E-state index contributed by atoms with van der Waals surface area (Å²) in [6, 6.07) is 6.37. The summed E-state index contributed by atoms with van der Waals surface area (Å²) < 4.78 is 13.4. The third kappa shape index (κ3) is 4.15. The summed E-state index contributed by atoms with van der Waals surface area (Å²) in [5, 5.41) is 0. The maximum atomic E-state index is 13.4. The normalized spacial score (nSPS) is 16.9. The van der Waals surface area contributed by atoms with Crippen molar-refractivity contribution in [3.8, 4) is 11.1 Å². The van der Waals surface area contributed by atoms with Crippen molar-refractivity contribution in [2.24, 2.45) is 0 Å². The number of benzene rings is 1. The molecule has 0 radical (unpaired) electrons. The maximum Gasteiger partial charge on any atom is 0.248 e. The van der Waals surface area contributed by atoms with Crippen molar-refractivity contribution in [1.82, 2.24) is 14.9 Å². The molecule has 1 aliphatic rings. The zero-order valence-corrected chi connectivity index (χ0v) is 16.1. The highest BCUT2D eigenvalue weighted by Gasteiger charge is 2.28. The van der Waals surface area contributed by atoms with Crippen molar-refractivity contribution >= 4 is 11.9 Å². The van der Waals surface area contributed by atoms with Crippen LogP contribution in [-0.2, 0) is 4.79 Å². The molecule has 6 heteroatoms.